The first kappa shape index (κ1) is 63.8. The predicted molar refractivity (Wildman–Crippen MR) is 270 cm³/mol. The van der Waals surface area contributed by atoms with Crippen molar-refractivity contribution in [2.75, 3.05) is 37.8 Å². The molecule has 2 amide bonds. The van der Waals surface area contributed by atoms with Crippen LogP contribution in [0.1, 0.15) is 162 Å². The van der Waals surface area contributed by atoms with Crippen molar-refractivity contribution in [1.82, 2.24) is 30.2 Å². The Kier molecular flexibility index (Phi) is 28.6. The summed E-state index contributed by atoms with van der Waals surface area (Å²) in [4.78, 5) is 88.6. The summed E-state index contributed by atoms with van der Waals surface area (Å²) in [7, 11) is -16.4. The van der Waals surface area contributed by atoms with E-state index in [4.69, 9.17) is 19.5 Å². The minimum atomic E-state index is -5.58. The average molecular weight is 1100 g/mol. The lowest BCUT2D eigenvalue weighted by Gasteiger charge is -2.30. The van der Waals surface area contributed by atoms with Crippen molar-refractivity contribution in [3.63, 3.8) is 0 Å². The van der Waals surface area contributed by atoms with E-state index in [0.29, 0.717) is 12.2 Å². The SMILES string of the molecule is CCCCCCCCC(C)CCCCCCCCCCCCC(=O)SCCNC(=O)CCNC(=O)C(O)C(C)(C)COP(=O)(O)OP(=O)(O)OCC1OC(n2cnc3c(N)ncnc32)C(O)C1OP(=O)(O)O. The number of phosphoric acid groups is 3. The molecule has 3 rings (SSSR count). The highest BCUT2D eigenvalue weighted by molar-refractivity contribution is 8.13. The molecular formula is C44H80N7O17P3S. The molecule has 414 valence electrons. The fourth-order valence-electron chi connectivity index (χ4n) is 7.96. The molecule has 0 saturated carbocycles. The number of amides is 2. The van der Waals surface area contributed by atoms with E-state index in [-0.39, 0.29) is 41.6 Å². The third-order valence-electron chi connectivity index (χ3n) is 12.1. The summed E-state index contributed by atoms with van der Waals surface area (Å²) in [6.07, 6.45) is 16.5. The number of nitrogens with one attached hydrogen (secondary N) is 2. The quantitative estimate of drug-likeness (QED) is 0.0247. The zero-order valence-electron chi connectivity index (χ0n) is 42.1. The van der Waals surface area contributed by atoms with Gasteiger partial charge in [0.15, 0.2) is 22.8 Å². The second-order valence-electron chi connectivity index (χ2n) is 19.0. The molecule has 2 aromatic heterocycles. The van der Waals surface area contributed by atoms with Gasteiger partial charge in [0.2, 0.25) is 11.8 Å². The molecular weight excluding hydrogens is 1020 g/mol. The van der Waals surface area contributed by atoms with Crippen molar-refractivity contribution in [2.45, 2.75) is 187 Å². The smallest absolute Gasteiger partial charge is 0.386 e. The van der Waals surface area contributed by atoms with Gasteiger partial charge in [0.25, 0.3) is 0 Å². The van der Waals surface area contributed by atoms with Gasteiger partial charge in [0.1, 0.15) is 36.3 Å². The Morgan fingerprint density at radius 3 is 2.03 bits per heavy atom. The van der Waals surface area contributed by atoms with Gasteiger partial charge in [-0.1, -0.05) is 149 Å². The maximum absolute atomic E-state index is 12.8. The Labute approximate surface area is 426 Å². The van der Waals surface area contributed by atoms with Crippen molar-refractivity contribution >= 4 is 69.1 Å². The third-order valence-corrected chi connectivity index (χ3v) is 16.2. The van der Waals surface area contributed by atoms with Crippen molar-refractivity contribution < 1.29 is 80.5 Å². The van der Waals surface area contributed by atoms with Gasteiger partial charge >= 0.3 is 23.5 Å². The fraction of sp³-hybridized carbons (Fsp3) is 0.818. The van der Waals surface area contributed by atoms with Crippen molar-refractivity contribution in [2.24, 2.45) is 11.3 Å². The highest BCUT2D eigenvalue weighted by Gasteiger charge is 2.50. The van der Waals surface area contributed by atoms with Gasteiger partial charge < -0.3 is 50.9 Å². The van der Waals surface area contributed by atoms with Crippen LogP contribution in [0.4, 0.5) is 5.82 Å². The Balaban J connectivity index is 1.24. The molecule has 0 spiro atoms. The summed E-state index contributed by atoms with van der Waals surface area (Å²) >= 11 is 1.16. The van der Waals surface area contributed by atoms with Gasteiger partial charge in [0, 0.05) is 37.1 Å². The van der Waals surface area contributed by atoms with Crippen LogP contribution in [-0.4, -0.2) is 123 Å². The zero-order valence-corrected chi connectivity index (χ0v) is 45.6. The number of imidazole rings is 1. The van der Waals surface area contributed by atoms with Crippen LogP contribution in [-0.2, 0) is 50.7 Å². The van der Waals surface area contributed by atoms with Crippen LogP contribution >= 0.6 is 35.2 Å². The van der Waals surface area contributed by atoms with Crippen molar-refractivity contribution in [3.8, 4) is 0 Å². The number of unbranched alkanes of at least 4 members (excludes halogenated alkanes) is 14. The summed E-state index contributed by atoms with van der Waals surface area (Å²) in [5.74, 6) is -0.166. The minimum absolute atomic E-state index is 0.0343. The molecule has 0 aliphatic carbocycles. The van der Waals surface area contributed by atoms with Crippen LogP contribution < -0.4 is 16.4 Å². The number of hydrogen-bond donors (Lipinski definition) is 9. The highest BCUT2D eigenvalue weighted by Crippen LogP contribution is 2.61. The number of phosphoric ester groups is 3. The van der Waals surface area contributed by atoms with E-state index in [1.165, 1.54) is 110 Å². The molecule has 8 unspecified atom stereocenters. The van der Waals surface area contributed by atoms with Crippen LogP contribution in [0, 0.1) is 11.3 Å². The number of rotatable bonds is 39. The number of nitrogens with zero attached hydrogens (tertiary/aromatic N) is 4. The normalized spacial score (nSPS) is 20.0. The average Bonchev–Trinajstić information content (AvgIpc) is 3.87. The summed E-state index contributed by atoms with van der Waals surface area (Å²) in [5, 5.41) is 26.7. The molecule has 0 aromatic carbocycles. The van der Waals surface area contributed by atoms with E-state index < -0.39 is 84.6 Å². The fourth-order valence-corrected chi connectivity index (χ4v) is 11.5. The summed E-state index contributed by atoms with van der Waals surface area (Å²) in [6.45, 7) is 5.25. The van der Waals surface area contributed by atoms with Crippen molar-refractivity contribution in [1.29, 1.82) is 0 Å². The first-order chi connectivity index (χ1) is 33.9. The molecule has 3 heterocycles. The molecule has 0 radical (unpaired) electrons. The number of aliphatic hydroxyl groups is 2. The monoisotopic (exact) mass is 1100 g/mol. The third kappa shape index (κ3) is 24.5. The molecule has 1 aliphatic heterocycles. The lowest BCUT2D eigenvalue weighted by molar-refractivity contribution is -0.137. The van der Waals surface area contributed by atoms with Crippen LogP contribution in [0.25, 0.3) is 11.2 Å². The number of aromatic nitrogens is 4. The van der Waals surface area contributed by atoms with E-state index in [1.54, 1.807) is 0 Å². The topological polar surface area (TPSA) is 364 Å². The second-order valence-corrected chi connectivity index (χ2v) is 24.4. The number of hydrogen-bond acceptors (Lipinski definition) is 18. The second kappa shape index (κ2) is 32.2. The number of nitrogen functional groups attached to an aromatic ring is 1. The van der Waals surface area contributed by atoms with Crippen LogP contribution in [0.3, 0.4) is 0 Å². The Bertz CT molecular complexity index is 2100. The van der Waals surface area contributed by atoms with Gasteiger partial charge in [-0.2, -0.15) is 4.31 Å². The largest absolute Gasteiger partial charge is 0.481 e. The molecule has 2 aromatic rings. The van der Waals surface area contributed by atoms with E-state index in [9.17, 15) is 57.9 Å². The molecule has 1 fully saturated rings. The summed E-state index contributed by atoms with van der Waals surface area (Å²) < 4.78 is 62.5. The Hall–Kier alpha value is -2.44. The maximum atomic E-state index is 12.8. The number of anilines is 1. The van der Waals surface area contributed by atoms with Gasteiger partial charge in [-0.15, -0.1) is 0 Å². The predicted octanol–water partition coefficient (Wildman–Crippen LogP) is 6.73. The van der Waals surface area contributed by atoms with Crippen LogP contribution in [0.5, 0.6) is 0 Å². The molecule has 1 aliphatic rings. The number of carbonyl (C=O) groups is 3. The lowest BCUT2D eigenvalue weighted by Crippen LogP contribution is -2.46. The molecule has 10 N–H and O–H groups in total. The van der Waals surface area contributed by atoms with E-state index >= 15 is 0 Å². The van der Waals surface area contributed by atoms with Gasteiger partial charge in [-0.25, -0.2) is 28.6 Å². The Morgan fingerprint density at radius 2 is 1.42 bits per heavy atom. The van der Waals surface area contributed by atoms with E-state index in [0.717, 1.165) is 54.2 Å². The molecule has 1 saturated heterocycles. The van der Waals surface area contributed by atoms with Gasteiger partial charge in [-0.3, -0.25) is 32.5 Å². The molecule has 24 nitrogen and oxygen atoms in total. The number of thioether (sulfide) groups is 1. The zero-order chi connectivity index (χ0) is 53.4. The first-order valence-electron chi connectivity index (χ1n) is 25.0. The van der Waals surface area contributed by atoms with Crippen LogP contribution in [0.15, 0.2) is 12.7 Å². The van der Waals surface area contributed by atoms with E-state index in [1.807, 2.05) is 0 Å². The lowest BCUT2D eigenvalue weighted by atomic mass is 9.87. The number of fused-ring (bicyclic) bond motifs is 1. The van der Waals surface area contributed by atoms with Gasteiger partial charge in [0.05, 0.1) is 19.5 Å². The van der Waals surface area contributed by atoms with E-state index in [2.05, 4.69) is 48.3 Å². The van der Waals surface area contributed by atoms with Crippen LogP contribution in [0.2, 0.25) is 0 Å². The molecule has 72 heavy (non-hydrogen) atoms. The standard InChI is InChI=1S/C44H80N7O17P3S/c1-5-6-7-8-15-18-21-32(2)22-19-16-13-11-9-10-12-14-17-20-23-35(53)72-27-26-46-34(52)24-25-47-42(56)39(55)44(3,4)29-65-71(62,63)68-70(60,61)64-28-33-38(67-69(57,58)59)37(54)43(66-33)51-31-50-36-40(45)48-30-49-41(36)51/h30-33,37-39,43,54-55H,5-29H2,1-4H3,(H,46,52)(H,47,56)(H,60,61)(H,62,63)(H2,45,48,49)(H2,57,58,59). The minimum Gasteiger partial charge on any atom is -0.386 e. The number of nitrogens with two attached hydrogens (primary N) is 1. The number of aliphatic hydroxyl groups excluding tert-OH is 2. The molecule has 28 heteroatoms. The summed E-state index contributed by atoms with van der Waals surface area (Å²) in [5.41, 5.74) is 4.30. The van der Waals surface area contributed by atoms with Gasteiger partial charge in [-0.05, 0) is 12.3 Å². The number of carbonyl (C=O) groups excluding carboxylic acids is 3. The highest BCUT2D eigenvalue weighted by atomic mass is 32.2. The maximum Gasteiger partial charge on any atom is 0.481 e. The first-order valence-corrected chi connectivity index (χ1v) is 30.5. The molecule has 8 atom stereocenters. The Morgan fingerprint density at radius 1 is 0.833 bits per heavy atom. The van der Waals surface area contributed by atoms with Crippen molar-refractivity contribution in [3.05, 3.63) is 12.7 Å². The molecule has 0 bridgehead atoms. The summed E-state index contributed by atoms with van der Waals surface area (Å²) in [6, 6.07) is 0. The number of ether oxygens (including phenoxy) is 1.